The van der Waals surface area contributed by atoms with Gasteiger partial charge in [-0.15, -0.1) is 11.3 Å². The molecular formula is C48H29N3S. The molecule has 8 aromatic carbocycles. The van der Waals surface area contributed by atoms with E-state index in [0.29, 0.717) is 5.82 Å². The predicted molar refractivity (Wildman–Crippen MR) is 221 cm³/mol. The normalized spacial score (nSPS) is 11.8. The lowest BCUT2D eigenvalue weighted by atomic mass is 10.00. The summed E-state index contributed by atoms with van der Waals surface area (Å²) in [7, 11) is 0. The highest BCUT2D eigenvalue weighted by Crippen LogP contribution is 2.41. The third-order valence-corrected chi connectivity index (χ3v) is 11.5. The zero-order valence-corrected chi connectivity index (χ0v) is 28.8. The lowest BCUT2D eigenvalue weighted by Gasteiger charge is -2.12. The van der Waals surface area contributed by atoms with Gasteiger partial charge >= 0.3 is 0 Å². The molecular weight excluding hydrogens is 651 g/mol. The predicted octanol–water partition coefficient (Wildman–Crippen LogP) is 13.2. The summed E-state index contributed by atoms with van der Waals surface area (Å²) in [5.74, 6) is 0.712. The molecule has 3 aromatic heterocycles. The van der Waals surface area contributed by atoms with Crippen LogP contribution >= 0.6 is 11.3 Å². The van der Waals surface area contributed by atoms with E-state index >= 15 is 0 Å². The van der Waals surface area contributed by atoms with Crippen molar-refractivity contribution in [3.05, 3.63) is 176 Å². The Balaban J connectivity index is 1.14. The summed E-state index contributed by atoms with van der Waals surface area (Å²) in [5, 5.41) is 10.1. The van der Waals surface area contributed by atoms with Gasteiger partial charge in [0.1, 0.15) is 0 Å². The van der Waals surface area contributed by atoms with Crippen molar-refractivity contribution in [1.82, 2.24) is 14.5 Å². The fourth-order valence-electron chi connectivity index (χ4n) is 7.98. The van der Waals surface area contributed by atoms with Crippen molar-refractivity contribution >= 4 is 74.9 Å². The monoisotopic (exact) mass is 679 g/mol. The number of fused-ring (bicyclic) bond motifs is 10. The Morgan fingerprint density at radius 2 is 0.962 bits per heavy atom. The molecule has 0 N–H and O–H groups in total. The molecule has 3 nitrogen and oxygen atoms in total. The van der Waals surface area contributed by atoms with Crippen LogP contribution in [0.5, 0.6) is 0 Å². The fraction of sp³-hybridized carbons (Fsp3) is 0. The van der Waals surface area contributed by atoms with Crippen LogP contribution < -0.4 is 0 Å². The summed E-state index contributed by atoms with van der Waals surface area (Å²) >= 11 is 1.83. The molecule has 0 atom stereocenters. The van der Waals surface area contributed by atoms with E-state index in [1.807, 2.05) is 29.5 Å². The van der Waals surface area contributed by atoms with Gasteiger partial charge in [0.15, 0.2) is 5.82 Å². The maximum absolute atomic E-state index is 5.21. The first kappa shape index (κ1) is 29.1. The highest BCUT2D eigenvalue weighted by molar-refractivity contribution is 7.25. The Morgan fingerprint density at radius 3 is 1.67 bits per heavy atom. The smallest absolute Gasteiger partial charge is 0.160 e. The van der Waals surface area contributed by atoms with Gasteiger partial charge in [-0.1, -0.05) is 127 Å². The zero-order chi connectivity index (χ0) is 34.2. The van der Waals surface area contributed by atoms with Gasteiger partial charge in [0.25, 0.3) is 0 Å². The van der Waals surface area contributed by atoms with Gasteiger partial charge in [0.2, 0.25) is 0 Å². The Morgan fingerprint density at radius 1 is 0.385 bits per heavy atom. The van der Waals surface area contributed by atoms with Crippen molar-refractivity contribution in [2.24, 2.45) is 0 Å². The van der Waals surface area contributed by atoms with Gasteiger partial charge in [-0.2, -0.15) is 0 Å². The molecule has 3 heterocycles. The number of benzene rings is 8. The van der Waals surface area contributed by atoms with Crippen LogP contribution in [0, 0.1) is 0 Å². The highest BCUT2D eigenvalue weighted by atomic mass is 32.1. The largest absolute Gasteiger partial charge is 0.309 e. The van der Waals surface area contributed by atoms with Crippen LogP contribution in [0.15, 0.2) is 176 Å². The second kappa shape index (κ2) is 11.5. The summed E-state index contributed by atoms with van der Waals surface area (Å²) in [6.45, 7) is 0. The minimum atomic E-state index is 0.712. The van der Waals surface area contributed by atoms with E-state index in [1.54, 1.807) is 0 Å². The first-order valence-corrected chi connectivity index (χ1v) is 18.4. The van der Waals surface area contributed by atoms with Crippen molar-refractivity contribution in [2.75, 3.05) is 0 Å². The molecule has 0 spiro atoms. The lowest BCUT2D eigenvalue weighted by molar-refractivity contribution is 1.17. The summed E-state index contributed by atoms with van der Waals surface area (Å²) in [5.41, 5.74) is 8.37. The van der Waals surface area contributed by atoms with E-state index in [-0.39, 0.29) is 0 Å². The van der Waals surface area contributed by atoms with Crippen LogP contribution in [0.3, 0.4) is 0 Å². The van der Waals surface area contributed by atoms with Gasteiger partial charge in [-0.3, -0.25) is 0 Å². The summed E-state index contributed by atoms with van der Waals surface area (Å²) in [6.07, 6.45) is 0. The number of rotatable bonds is 4. The third kappa shape index (κ3) is 4.51. The molecule has 4 heteroatoms. The van der Waals surface area contributed by atoms with Crippen molar-refractivity contribution in [3.8, 4) is 39.6 Å². The molecule has 0 aliphatic heterocycles. The van der Waals surface area contributed by atoms with E-state index in [1.165, 1.54) is 63.5 Å². The van der Waals surface area contributed by atoms with Gasteiger partial charge in [0.05, 0.1) is 22.4 Å². The van der Waals surface area contributed by atoms with Crippen LogP contribution in [0.25, 0.3) is 103 Å². The standard InChI is InChI=1S/C48H29N3S/c1-2-13-32(14-3-1)48-49-40(29-41(50-48)34-23-26-45-39(28-34)38-19-8-9-20-44(38)52-45)33-15-10-16-35(27-33)51-42-24-21-30-11-4-6-17-36(30)46(42)47-37-18-7-5-12-31(37)22-25-43(47)51/h1-29H. The highest BCUT2D eigenvalue weighted by Gasteiger charge is 2.18. The lowest BCUT2D eigenvalue weighted by Crippen LogP contribution is -1.98. The minimum absolute atomic E-state index is 0.712. The topological polar surface area (TPSA) is 30.7 Å². The molecule has 0 saturated carbocycles. The Labute approximate surface area is 303 Å². The zero-order valence-electron chi connectivity index (χ0n) is 28.0. The number of aromatic nitrogens is 3. The van der Waals surface area contributed by atoms with Crippen molar-refractivity contribution in [1.29, 1.82) is 0 Å². The molecule has 52 heavy (non-hydrogen) atoms. The van der Waals surface area contributed by atoms with E-state index in [9.17, 15) is 0 Å². The summed E-state index contributed by atoms with van der Waals surface area (Å²) in [6, 6.07) is 63.1. The average molecular weight is 680 g/mol. The second-order valence-electron chi connectivity index (χ2n) is 13.4. The molecule has 0 saturated heterocycles. The van der Waals surface area contributed by atoms with Gasteiger partial charge in [-0.25, -0.2) is 9.97 Å². The van der Waals surface area contributed by atoms with E-state index in [0.717, 1.165) is 33.8 Å². The van der Waals surface area contributed by atoms with Crippen molar-refractivity contribution < 1.29 is 0 Å². The van der Waals surface area contributed by atoms with E-state index in [2.05, 4.69) is 162 Å². The van der Waals surface area contributed by atoms with E-state index in [4.69, 9.17) is 9.97 Å². The first-order valence-electron chi connectivity index (χ1n) is 17.6. The number of nitrogens with zero attached hydrogens (tertiary/aromatic N) is 3. The van der Waals surface area contributed by atoms with Crippen molar-refractivity contribution in [3.63, 3.8) is 0 Å². The van der Waals surface area contributed by atoms with Gasteiger partial charge in [0, 0.05) is 53.3 Å². The van der Waals surface area contributed by atoms with Crippen LogP contribution in [0.2, 0.25) is 0 Å². The van der Waals surface area contributed by atoms with Crippen LogP contribution in [0.4, 0.5) is 0 Å². The molecule has 11 aromatic rings. The SMILES string of the molecule is c1ccc(-c2nc(-c3cccc(-n4c5ccc6ccccc6c5c5c6ccccc6ccc54)c3)cc(-c3ccc4sc5ccccc5c4c3)n2)cc1. The fourth-order valence-corrected chi connectivity index (χ4v) is 9.06. The molecule has 0 radical (unpaired) electrons. The molecule has 0 aliphatic carbocycles. The molecule has 0 aliphatic rings. The van der Waals surface area contributed by atoms with Crippen LogP contribution in [-0.4, -0.2) is 14.5 Å². The third-order valence-electron chi connectivity index (χ3n) is 10.4. The van der Waals surface area contributed by atoms with Crippen molar-refractivity contribution in [2.45, 2.75) is 0 Å². The Hall–Kier alpha value is -6.62. The first-order chi connectivity index (χ1) is 25.8. The van der Waals surface area contributed by atoms with Crippen LogP contribution in [0.1, 0.15) is 0 Å². The Bertz CT molecular complexity index is 3100. The summed E-state index contributed by atoms with van der Waals surface area (Å²) in [4.78, 5) is 10.4. The number of hydrogen-bond acceptors (Lipinski definition) is 3. The summed E-state index contributed by atoms with van der Waals surface area (Å²) < 4.78 is 5.00. The maximum Gasteiger partial charge on any atom is 0.160 e. The number of hydrogen-bond donors (Lipinski definition) is 0. The molecule has 0 fully saturated rings. The molecule has 11 rings (SSSR count). The van der Waals surface area contributed by atoms with Crippen LogP contribution in [-0.2, 0) is 0 Å². The van der Waals surface area contributed by atoms with Gasteiger partial charge in [-0.05, 0) is 70.1 Å². The molecule has 0 unspecified atom stereocenters. The molecule has 0 amide bonds. The Kier molecular flexibility index (Phi) is 6.42. The minimum Gasteiger partial charge on any atom is -0.309 e. The quantitative estimate of drug-likeness (QED) is 0.185. The maximum atomic E-state index is 5.21. The van der Waals surface area contributed by atoms with Gasteiger partial charge < -0.3 is 4.57 Å². The van der Waals surface area contributed by atoms with E-state index < -0.39 is 0 Å². The average Bonchev–Trinajstić information content (AvgIpc) is 3.77. The molecule has 242 valence electrons. The number of thiophene rings is 1. The molecule has 0 bridgehead atoms. The second-order valence-corrected chi connectivity index (χ2v) is 14.5.